The van der Waals surface area contributed by atoms with E-state index in [2.05, 4.69) is 5.32 Å². The van der Waals surface area contributed by atoms with E-state index in [4.69, 9.17) is 0 Å². The fourth-order valence-corrected chi connectivity index (χ4v) is 2.25. The lowest BCUT2D eigenvalue weighted by molar-refractivity contribution is -0.116. The van der Waals surface area contributed by atoms with Crippen molar-refractivity contribution < 1.29 is 13.6 Å². The number of halogens is 2. The Bertz CT molecular complexity index is 723. The Labute approximate surface area is 134 Å². The first-order chi connectivity index (χ1) is 10.9. The van der Waals surface area contributed by atoms with Crippen LogP contribution in [0.5, 0.6) is 0 Å². The second-order valence-corrected chi connectivity index (χ2v) is 5.97. The number of rotatable bonds is 5. The highest BCUT2D eigenvalue weighted by Gasteiger charge is 2.24. The number of nitrogens with one attached hydrogen (secondary N) is 1. The van der Waals surface area contributed by atoms with E-state index in [1.165, 1.54) is 30.4 Å². The van der Waals surface area contributed by atoms with Gasteiger partial charge >= 0.3 is 0 Å². The zero-order chi connectivity index (χ0) is 16.9. The van der Waals surface area contributed by atoms with E-state index < -0.39 is 5.41 Å². The summed E-state index contributed by atoms with van der Waals surface area (Å²) < 4.78 is 26.9. The van der Waals surface area contributed by atoms with Gasteiger partial charge in [0.05, 0.1) is 0 Å². The summed E-state index contributed by atoms with van der Waals surface area (Å²) >= 11 is 0. The minimum atomic E-state index is -0.534. The summed E-state index contributed by atoms with van der Waals surface area (Å²) in [5.41, 5.74) is 0.621. The first-order valence-electron chi connectivity index (χ1n) is 7.35. The molecule has 0 aliphatic carbocycles. The molecule has 0 aliphatic rings. The molecule has 0 bridgehead atoms. The predicted molar refractivity (Wildman–Crippen MR) is 87.9 cm³/mol. The smallest absolute Gasteiger partial charge is 0.244 e. The molecule has 1 amide bonds. The third kappa shape index (κ3) is 4.74. The van der Waals surface area contributed by atoms with E-state index in [1.807, 2.05) is 13.8 Å². The molecule has 0 spiro atoms. The standard InChI is InChI=1S/C19H19F2NO/c1-19(2,16-8-3-4-9-17(16)21)13-22-18(23)11-10-14-6-5-7-15(20)12-14/h3-12H,13H2,1-2H3,(H,22,23)/b11-10+. The Morgan fingerprint density at radius 1 is 1.13 bits per heavy atom. The fraction of sp³-hybridized carbons (Fsp3) is 0.211. The van der Waals surface area contributed by atoms with E-state index >= 15 is 0 Å². The van der Waals surface area contributed by atoms with Crippen LogP contribution in [0.25, 0.3) is 6.08 Å². The van der Waals surface area contributed by atoms with Crippen molar-refractivity contribution in [2.24, 2.45) is 0 Å². The van der Waals surface area contributed by atoms with Gasteiger partial charge in [0, 0.05) is 18.0 Å². The quantitative estimate of drug-likeness (QED) is 0.828. The first kappa shape index (κ1) is 16.9. The molecule has 23 heavy (non-hydrogen) atoms. The molecule has 4 heteroatoms. The summed E-state index contributed by atoms with van der Waals surface area (Å²) in [6.45, 7) is 4.02. The number of carbonyl (C=O) groups is 1. The minimum Gasteiger partial charge on any atom is -0.352 e. The Hall–Kier alpha value is -2.49. The average Bonchev–Trinajstić information content (AvgIpc) is 2.51. The Balaban J connectivity index is 1.97. The SMILES string of the molecule is CC(C)(CNC(=O)/C=C/c1cccc(F)c1)c1ccccc1F. The zero-order valence-electron chi connectivity index (χ0n) is 13.1. The largest absolute Gasteiger partial charge is 0.352 e. The van der Waals surface area contributed by atoms with Crippen molar-refractivity contribution >= 4 is 12.0 Å². The third-order valence-corrected chi connectivity index (χ3v) is 3.58. The van der Waals surface area contributed by atoms with Crippen molar-refractivity contribution in [3.63, 3.8) is 0 Å². The molecule has 2 aromatic rings. The molecule has 0 saturated carbocycles. The summed E-state index contributed by atoms with van der Waals surface area (Å²) in [5.74, 6) is -0.950. The van der Waals surface area contributed by atoms with E-state index in [9.17, 15) is 13.6 Å². The van der Waals surface area contributed by atoms with Crippen LogP contribution >= 0.6 is 0 Å². The lowest BCUT2D eigenvalue weighted by atomic mass is 9.84. The molecule has 2 rings (SSSR count). The second-order valence-electron chi connectivity index (χ2n) is 5.97. The van der Waals surface area contributed by atoms with Crippen molar-refractivity contribution in [3.8, 4) is 0 Å². The zero-order valence-corrected chi connectivity index (χ0v) is 13.1. The molecule has 0 aromatic heterocycles. The van der Waals surface area contributed by atoms with E-state index in [0.29, 0.717) is 17.7 Å². The van der Waals surface area contributed by atoms with Crippen molar-refractivity contribution in [2.75, 3.05) is 6.54 Å². The van der Waals surface area contributed by atoms with Crippen LogP contribution in [-0.4, -0.2) is 12.5 Å². The Kier molecular flexibility index (Phi) is 5.27. The molecular formula is C19H19F2NO. The molecule has 1 N–H and O–H groups in total. The Morgan fingerprint density at radius 3 is 2.57 bits per heavy atom. The van der Waals surface area contributed by atoms with Crippen LogP contribution in [0.4, 0.5) is 8.78 Å². The van der Waals surface area contributed by atoms with Crippen LogP contribution in [-0.2, 0) is 10.2 Å². The summed E-state index contributed by atoms with van der Waals surface area (Å²) in [6.07, 6.45) is 2.88. The van der Waals surface area contributed by atoms with Crippen molar-refractivity contribution in [1.29, 1.82) is 0 Å². The van der Waals surface area contributed by atoms with Crippen LogP contribution in [0.2, 0.25) is 0 Å². The van der Waals surface area contributed by atoms with Gasteiger partial charge in [-0.3, -0.25) is 4.79 Å². The van der Waals surface area contributed by atoms with Crippen LogP contribution in [0, 0.1) is 11.6 Å². The van der Waals surface area contributed by atoms with Gasteiger partial charge in [0.1, 0.15) is 11.6 Å². The maximum atomic E-state index is 13.9. The predicted octanol–water partition coefficient (Wildman–Crippen LogP) is 4.07. The number of hydrogen-bond donors (Lipinski definition) is 1. The first-order valence-corrected chi connectivity index (χ1v) is 7.35. The lowest BCUT2D eigenvalue weighted by Crippen LogP contribution is -2.36. The molecule has 0 unspecified atom stereocenters. The minimum absolute atomic E-state index is 0.290. The van der Waals surface area contributed by atoms with E-state index in [-0.39, 0.29) is 17.5 Å². The van der Waals surface area contributed by atoms with E-state index in [0.717, 1.165) is 0 Å². The van der Waals surface area contributed by atoms with Gasteiger partial charge in [0.2, 0.25) is 5.91 Å². The monoisotopic (exact) mass is 315 g/mol. The maximum Gasteiger partial charge on any atom is 0.244 e. The molecule has 0 fully saturated rings. The number of benzene rings is 2. The molecule has 2 nitrogen and oxygen atoms in total. The van der Waals surface area contributed by atoms with Gasteiger partial charge in [0.25, 0.3) is 0 Å². The van der Waals surface area contributed by atoms with Gasteiger partial charge in [-0.1, -0.05) is 44.2 Å². The van der Waals surface area contributed by atoms with E-state index in [1.54, 1.807) is 30.3 Å². The highest BCUT2D eigenvalue weighted by molar-refractivity contribution is 5.91. The van der Waals surface area contributed by atoms with Crippen LogP contribution in [0.3, 0.4) is 0 Å². The highest BCUT2D eigenvalue weighted by atomic mass is 19.1. The molecule has 0 saturated heterocycles. The molecular weight excluding hydrogens is 296 g/mol. The molecule has 0 atom stereocenters. The van der Waals surface area contributed by atoms with Crippen LogP contribution in [0.1, 0.15) is 25.0 Å². The average molecular weight is 315 g/mol. The molecule has 0 aliphatic heterocycles. The number of carbonyl (C=O) groups excluding carboxylic acids is 1. The van der Waals surface area contributed by atoms with Crippen molar-refractivity contribution in [1.82, 2.24) is 5.32 Å². The van der Waals surface area contributed by atoms with Gasteiger partial charge in [-0.25, -0.2) is 8.78 Å². The lowest BCUT2D eigenvalue weighted by Gasteiger charge is -2.25. The summed E-state index contributed by atoms with van der Waals surface area (Å²) in [5, 5.41) is 2.75. The second kappa shape index (κ2) is 7.18. The molecule has 0 radical (unpaired) electrons. The third-order valence-electron chi connectivity index (χ3n) is 3.58. The van der Waals surface area contributed by atoms with Crippen LogP contribution in [0.15, 0.2) is 54.6 Å². The van der Waals surface area contributed by atoms with Gasteiger partial charge < -0.3 is 5.32 Å². The van der Waals surface area contributed by atoms with Crippen molar-refractivity contribution in [2.45, 2.75) is 19.3 Å². The number of hydrogen-bond acceptors (Lipinski definition) is 1. The summed E-state index contributed by atoms with van der Waals surface area (Å²) in [4.78, 5) is 11.9. The normalized spacial score (nSPS) is 11.7. The van der Waals surface area contributed by atoms with Gasteiger partial charge in [-0.2, -0.15) is 0 Å². The van der Waals surface area contributed by atoms with Gasteiger partial charge in [0.15, 0.2) is 0 Å². The van der Waals surface area contributed by atoms with Gasteiger partial charge in [-0.05, 0) is 35.4 Å². The topological polar surface area (TPSA) is 29.1 Å². The molecule has 2 aromatic carbocycles. The Morgan fingerprint density at radius 2 is 1.87 bits per heavy atom. The summed E-state index contributed by atoms with van der Waals surface area (Å²) in [6, 6.07) is 12.5. The highest BCUT2D eigenvalue weighted by Crippen LogP contribution is 2.24. The van der Waals surface area contributed by atoms with Gasteiger partial charge in [-0.15, -0.1) is 0 Å². The number of amides is 1. The van der Waals surface area contributed by atoms with Crippen molar-refractivity contribution in [3.05, 3.63) is 77.4 Å². The molecule has 120 valence electrons. The fourth-order valence-electron chi connectivity index (χ4n) is 2.25. The van der Waals surface area contributed by atoms with Crippen LogP contribution < -0.4 is 5.32 Å². The molecule has 0 heterocycles. The maximum absolute atomic E-state index is 13.9. The summed E-state index contributed by atoms with van der Waals surface area (Å²) in [7, 11) is 0.